The van der Waals surface area contributed by atoms with Gasteiger partial charge in [0.25, 0.3) is 0 Å². The van der Waals surface area contributed by atoms with Gasteiger partial charge in [-0.1, -0.05) is 6.08 Å². The van der Waals surface area contributed by atoms with Crippen LogP contribution in [0.5, 0.6) is 0 Å². The van der Waals surface area contributed by atoms with Crippen molar-refractivity contribution >= 4 is 12.6 Å². The van der Waals surface area contributed by atoms with Gasteiger partial charge >= 0.3 is 0 Å². The Labute approximate surface area is 61.7 Å². The van der Waals surface area contributed by atoms with Crippen LogP contribution in [0.3, 0.4) is 0 Å². The van der Waals surface area contributed by atoms with Crippen molar-refractivity contribution in [3.05, 3.63) is 11.0 Å². The standard InChI is InChI=1S/C7H13NS/c1-7(8)5-3-2-4-6(7)9/h4,9H,2-3,5,8H2,1H3. The molecule has 0 aliphatic heterocycles. The fraction of sp³-hybridized carbons (Fsp3) is 0.714. The average molecular weight is 143 g/mol. The van der Waals surface area contributed by atoms with Crippen molar-refractivity contribution in [2.75, 3.05) is 0 Å². The molecular formula is C7H13NS. The van der Waals surface area contributed by atoms with Crippen molar-refractivity contribution in [1.82, 2.24) is 0 Å². The predicted molar refractivity (Wildman–Crippen MR) is 43.5 cm³/mol. The zero-order chi connectivity index (χ0) is 6.91. The summed E-state index contributed by atoms with van der Waals surface area (Å²) in [6, 6.07) is 0. The fourth-order valence-corrected chi connectivity index (χ4v) is 1.31. The molecule has 1 nitrogen and oxygen atoms in total. The smallest absolute Gasteiger partial charge is 0.0435 e. The SMILES string of the molecule is CC1(N)CCCC=C1S. The third-order valence-corrected chi connectivity index (χ3v) is 2.52. The molecule has 0 amide bonds. The van der Waals surface area contributed by atoms with E-state index in [1.54, 1.807) is 0 Å². The second-order valence-electron chi connectivity index (χ2n) is 2.90. The molecule has 0 bridgehead atoms. The highest BCUT2D eigenvalue weighted by Crippen LogP contribution is 2.28. The summed E-state index contributed by atoms with van der Waals surface area (Å²) in [5.74, 6) is 0. The monoisotopic (exact) mass is 143 g/mol. The molecule has 52 valence electrons. The topological polar surface area (TPSA) is 26.0 Å². The summed E-state index contributed by atoms with van der Waals surface area (Å²) in [6.07, 6.45) is 5.54. The third-order valence-electron chi connectivity index (χ3n) is 1.82. The number of rotatable bonds is 0. The quantitative estimate of drug-likeness (QED) is 0.496. The molecular weight excluding hydrogens is 130 g/mol. The van der Waals surface area contributed by atoms with E-state index in [-0.39, 0.29) is 5.54 Å². The van der Waals surface area contributed by atoms with Crippen LogP contribution in [0.4, 0.5) is 0 Å². The van der Waals surface area contributed by atoms with Crippen molar-refractivity contribution < 1.29 is 0 Å². The lowest BCUT2D eigenvalue weighted by atomic mass is 9.90. The maximum absolute atomic E-state index is 5.88. The van der Waals surface area contributed by atoms with E-state index < -0.39 is 0 Å². The molecule has 2 N–H and O–H groups in total. The summed E-state index contributed by atoms with van der Waals surface area (Å²) in [5.41, 5.74) is 5.74. The minimum atomic E-state index is -0.138. The minimum Gasteiger partial charge on any atom is -0.321 e. The molecule has 1 aliphatic rings. The van der Waals surface area contributed by atoms with Gasteiger partial charge in [-0.05, 0) is 31.1 Å². The van der Waals surface area contributed by atoms with Crippen LogP contribution in [0.1, 0.15) is 26.2 Å². The second-order valence-corrected chi connectivity index (χ2v) is 3.38. The number of allylic oxidation sites excluding steroid dienone is 1. The molecule has 0 radical (unpaired) electrons. The first-order chi connectivity index (χ1) is 4.13. The van der Waals surface area contributed by atoms with Gasteiger partial charge in [0, 0.05) is 5.54 Å². The highest BCUT2D eigenvalue weighted by molar-refractivity contribution is 7.84. The maximum atomic E-state index is 5.88. The van der Waals surface area contributed by atoms with Crippen molar-refractivity contribution in [2.45, 2.75) is 31.7 Å². The molecule has 0 saturated heterocycles. The van der Waals surface area contributed by atoms with Crippen LogP contribution in [-0.4, -0.2) is 5.54 Å². The molecule has 9 heavy (non-hydrogen) atoms. The lowest BCUT2D eigenvalue weighted by Gasteiger charge is -2.28. The van der Waals surface area contributed by atoms with Crippen LogP contribution in [0.2, 0.25) is 0 Å². The largest absolute Gasteiger partial charge is 0.321 e. The Hall–Kier alpha value is 0.0500. The molecule has 0 saturated carbocycles. The van der Waals surface area contributed by atoms with Crippen molar-refractivity contribution in [3.8, 4) is 0 Å². The first kappa shape index (κ1) is 7.16. The molecule has 1 rings (SSSR count). The summed E-state index contributed by atoms with van der Waals surface area (Å²) in [4.78, 5) is 1.05. The minimum absolute atomic E-state index is 0.138. The van der Waals surface area contributed by atoms with E-state index in [1.165, 1.54) is 6.42 Å². The molecule has 0 spiro atoms. The molecule has 0 aromatic carbocycles. The normalized spacial score (nSPS) is 36.1. The Bertz CT molecular complexity index is 138. The highest BCUT2D eigenvalue weighted by Gasteiger charge is 2.23. The summed E-state index contributed by atoms with van der Waals surface area (Å²) in [6.45, 7) is 2.03. The lowest BCUT2D eigenvalue weighted by Crippen LogP contribution is -2.37. The van der Waals surface area contributed by atoms with Crippen LogP contribution in [0.25, 0.3) is 0 Å². The predicted octanol–water partition coefficient (Wildman–Crippen LogP) is 1.70. The average Bonchev–Trinajstić information content (AvgIpc) is 1.77. The van der Waals surface area contributed by atoms with Crippen LogP contribution in [0.15, 0.2) is 11.0 Å². The van der Waals surface area contributed by atoms with E-state index in [0.29, 0.717) is 0 Å². The van der Waals surface area contributed by atoms with Gasteiger partial charge in [0.05, 0.1) is 0 Å². The Kier molecular flexibility index (Phi) is 1.87. The summed E-state index contributed by atoms with van der Waals surface area (Å²) < 4.78 is 0. The fourth-order valence-electron chi connectivity index (χ4n) is 1.07. The Morgan fingerprint density at radius 1 is 1.78 bits per heavy atom. The zero-order valence-electron chi connectivity index (χ0n) is 5.72. The zero-order valence-corrected chi connectivity index (χ0v) is 6.62. The van der Waals surface area contributed by atoms with Gasteiger partial charge in [0.15, 0.2) is 0 Å². The Morgan fingerprint density at radius 2 is 2.44 bits per heavy atom. The van der Waals surface area contributed by atoms with Gasteiger partial charge in [-0.25, -0.2) is 0 Å². The number of nitrogens with two attached hydrogens (primary N) is 1. The molecule has 1 atom stereocenters. The molecule has 0 aromatic rings. The second kappa shape index (κ2) is 2.35. The van der Waals surface area contributed by atoms with Gasteiger partial charge in [-0.2, -0.15) is 0 Å². The summed E-state index contributed by atoms with van der Waals surface area (Å²) in [5, 5.41) is 0. The summed E-state index contributed by atoms with van der Waals surface area (Å²) >= 11 is 4.28. The van der Waals surface area contributed by atoms with Crippen LogP contribution >= 0.6 is 12.6 Å². The van der Waals surface area contributed by atoms with Crippen LogP contribution in [0, 0.1) is 0 Å². The van der Waals surface area contributed by atoms with Crippen molar-refractivity contribution in [1.29, 1.82) is 0 Å². The van der Waals surface area contributed by atoms with Gasteiger partial charge < -0.3 is 5.73 Å². The molecule has 1 unspecified atom stereocenters. The maximum Gasteiger partial charge on any atom is 0.0435 e. The molecule has 0 fully saturated rings. The van der Waals surface area contributed by atoms with Gasteiger partial charge in [-0.15, -0.1) is 12.6 Å². The van der Waals surface area contributed by atoms with E-state index in [1.807, 2.05) is 6.92 Å². The van der Waals surface area contributed by atoms with Gasteiger partial charge in [-0.3, -0.25) is 0 Å². The number of hydrogen-bond acceptors (Lipinski definition) is 2. The van der Waals surface area contributed by atoms with E-state index in [2.05, 4.69) is 18.7 Å². The van der Waals surface area contributed by atoms with E-state index in [4.69, 9.17) is 5.73 Å². The first-order valence-corrected chi connectivity index (χ1v) is 3.76. The Morgan fingerprint density at radius 3 is 2.78 bits per heavy atom. The molecule has 0 aromatic heterocycles. The van der Waals surface area contributed by atoms with E-state index in [0.717, 1.165) is 17.7 Å². The Balaban J connectivity index is 2.73. The molecule has 2 heteroatoms. The van der Waals surface area contributed by atoms with Crippen LogP contribution < -0.4 is 5.73 Å². The van der Waals surface area contributed by atoms with E-state index >= 15 is 0 Å². The highest BCUT2D eigenvalue weighted by atomic mass is 32.1. The van der Waals surface area contributed by atoms with Crippen molar-refractivity contribution in [3.63, 3.8) is 0 Å². The van der Waals surface area contributed by atoms with Gasteiger partial charge in [0.2, 0.25) is 0 Å². The first-order valence-electron chi connectivity index (χ1n) is 3.31. The summed E-state index contributed by atoms with van der Waals surface area (Å²) in [7, 11) is 0. The third kappa shape index (κ3) is 1.49. The molecule has 0 heterocycles. The number of hydrogen-bond donors (Lipinski definition) is 2. The van der Waals surface area contributed by atoms with Crippen molar-refractivity contribution in [2.24, 2.45) is 5.73 Å². The molecule has 1 aliphatic carbocycles. The van der Waals surface area contributed by atoms with Gasteiger partial charge in [0.1, 0.15) is 0 Å². The lowest BCUT2D eigenvalue weighted by molar-refractivity contribution is 0.485. The van der Waals surface area contributed by atoms with E-state index in [9.17, 15) is 0 Å². The number of thiol groups is 1. The van der Waals surface area contributed by atoms with Crippen LogP contribution in [-0.2, 0) is 0 Å².